The lowest BCUT2D eigenvalue weighted by Crippen LogP contribution is -2.16. The van der Waals surface area contributed by atoms with Crippen LogP contribution in [0.4, 0.5) is 4.39 Å². The van der Waals surface area contributed by atoms with Crippen molar-refractivity contribution in [2.75, 3.05) is 19.8 Å². The zero-order chi connectivity index (χ0) is 11.8. The van der Waals surface area contributed by atoms with E-state index in [0.717, 1.165) is 38.3 Å². The molecule has 90 valence electrons. The second-order valence-corrected chi connectivity index (χ2v) is 4.33. The van der Waals surface area contributed by atoms with Crippen molar-refractivity contribution in [1.82, 2.24) is 5.32 Å². The highest BCUT2D eigenvalue weighted by atomic mass is 79.9. The van der Waals surface area contributed by atoms with Crippen LogP contribution in [-0.2, 0) is 11.3 Å². The Morgan fingerprint density at radius 3 is 2.94 bits per heavy atom. The maximum Gasteiger partial charge on any atom is 0.137 e. The molecule has 0 aromatic heterocycles. The molecule has 0 fully saturated rings. The Hall–Kier alpha value is -0.450. The van der Waals surface area contributed by atoms with Crippen LogP contribution in [0.5, 0.6) is 0 Å². The van der Waals surface area contributed by atoms with Crippen molar-refractivity contribution in [3.05, 3.63) is 34.1 Å². The standard InChI is InChI=1S/C12H17BrFNO/c1-2-16-7-3-6-15-9-10-4-5-12(14)11(13)8-10/h4-5,8,15H,2-3,6-7,9H2,1H3. The molecule has 0 amide bonds. The van der Waals surface area contributed by atoms with Gasteiger partial charge in [-0.25, -0.2) is 4.39 Å². The Morgan fingerprint density at radius 2 is 2.25 bits per heavy atom. The first-order chi connectivity index (χ1) is 7.74. The van der Waals surface area contributed by atoms with Crippen LogP contribution in [0.15, 0.2) is 22.7 Å². The van der Waals surface area contributed by atoms with E-state index < -0.39 is 0 Å². The van der Waals surface area contributed by atoms with E-state index in [1.165, 1.54) is 6.07 Å². The van der Waals surface area contributed by atoms with Gasteiger partial charge in [0.1, 0.15) is 5.82 Å². The van der Waals surface area contributed by atoms with Gasteiger partial charge < -0.3 is 10.1 Å². The van der Waals surface area contributed by atoms with Gasteiger partial charge in [-0.2, -0.15) is 0 Å². The molecule has 0 aliphatic carbocycles. The highest BCUT2D eigenvalue weighted by Gasteiger charge is 1.99. The molecule has 2 nitrogen and oxygen atoms in total. The number of ether oxygens (including phenoxy) is 1. The van der Waals surface area contributed by atoms with Gasteiger partial charge >= 0.3 is 0 Å². The topological polar surface area (TPSA) is 21.3 Å². The number of nitrogens with one attached hydrogen (secondary N) is 1. The Kier molecular flexibility index (Phi) is 6.61. The number of hydrogen-bond donors (Lipinski definition) is 1. The van der Waals surface area contributed by atoms with Crippen molar-refractivity contribution in [2.24, 2.45) is 0 Å². The zero-order valence-corrected chi connectivity index (χ0v) is 11.0. The SMILES string of the molecule is CCOCCCNCc1ccc(F)c(Br)c1. The summed E-state index contributed by atoms with van der Waals surface area (Å²) in [5, 5.41) is 3.28. The third kappa shape index (κ3) is 5.05. The molecule has 16 heavy (non-hydrogen) atoms. The van der Waals surface area contributed by atoms with Gasteiger partial charge in [-0.15, -0.1) is 0 Å². The summed E-state index contributed by atoms with van der Waals surface area (Å²) in [5.74, 6) is -0.222. The number of halogens is 2. The summed E-state index contributed by atoms with van der Waals surface area (Å²) in [6.07, 6.45) is 0.996. The van der Waals surface area contributed by atoms with E-state index in [9.17, 15) is 4.39 Å². The quantitative estimate of drug-likeness (QED) is 0.779. The highest BCUT2D eigenvalue weighted by molar-refractivity contribution is 9.10. The summed E-state index contributed by atoms with van der Waals surface area (Å²) in [4.78, 5) is 0. The van der Waals surface area contributed by atoms with Crippen molar-refractivity contribution in [3.8, 4) is 0 Å². The van der Waals surface area contributed by atoms with E-state index >= 15 is 0 Å². The normalized spacial score (nSPS) is 10.7. The fraction of sp³-hybridized carbons (Fsp3) is 0.500. The maximum atomic E-state index is 12.9. The van der Waals surface area contributed by atoms with Crippen LogP contribution in [0, 0.1) is 5.82 Å². The molecule has 0 aliphatic rings. The number of rotatable bonds is 7. The van der Waals surface area contributed by atoms with Crippen LogP contribution in [-0.4, -0.2) is 19.8 Å². The van der Waals surface area contributed by atoms with Gasteiger partial charge in [0.25, 0.3) is 0 Å². The van der Waals surface area contributed by atoms with Gasteiger partial charge in [-0.3, -0.25) is 0 Å². The Labute approximate surface area is 104 Å². The smallest absolute Gasteiger partial charge is 0.137 e. The van der Waals surface area contributed by atoms with E-state index in [-0.39, 0.29) is 5.82 Å². The van der Waals surface area contributed by atoms with Crippen LogP contribution in [0.25, 0.3) is 0 Å². The molecule has 4 heteroatoms. The summed E-state index contributed by atoms with van der Waals surface area (Å²) in [6, 6.07) is 5.06. The first-order valence-corrected chi connectivity index (χ1v) is 6.25. The van der Waals surface area contributed by atoms with Crippen molar-refractivity contribution in [1.29, 1.82) is 0 Å². The van der Waals surface area contributed by atoms with Gasteiger partial charge in [-0.1, -0.05) is 6.07 Å². The predicted molar refractivity (Wildman–Crippen MR) is 66.9 cm³/mol. The number of benzene rings is 1. The lowest BCUT2D eigenvalue weighted by molar-refractivity contribution is 0.144. The monoisotopic (exact) mass is 289 g/mol. The van der Waals surface area contributed by atoms with Gasteiger partial charge in [-0.05, 0) is 53.5 Å². The Morgan fingerprint density at radius 1 is 1.44 bits per heavy atom. The van der Waals surface area contributed by atoms with Crippen LogP contribution < -0.4 is 5.32 Å². The first kappa shape index (κ1) is 13.6. The number of hydrogen-bond acceptors (Lipinski definition) is 2. The molecule has 0 saturated heterocycles. The lowest BCUT2D eigenvalue weighted by Gasteiger charge is -2.06. The van der Waals surface area contributed by atoms with Gasteiger partial charge in [0.05, 0.1) is 4.47 Å². The van der Waals surface area contributed by atoms with Gasteiger partial charge in [0, 0.05) is 19.8 Å². The molecule has 0 heterocycles. The third-order valence-electron chi connectivity index (χ3n) is 2.16. The maximum absolute atomic E-state index is 12.9. The Bertz CT molecular complexity index is 320. The molecule has 1 aromatic carbocycles. The molecular formula is C12H17BrFNO. The minimum absolute atomic E-state index is 0.222. The van der Waals surface area contributed by atoms with Crippen molar-refractivity contribution in [3.63, 3.8) is 0 Å². The molecule has 0 unspecified atom stereocenters. The first-order valence-electron chi connectivity index (χ1n) is 5.46. The van der Waals surface area contributed by atoms with E-state index in [4.69, 9.17) is 4.74 Å². The molecule has 1 aromatic rings. The average Bonchev–Trinajstić information content (AvgIpc) is 2.28. The van der Waals surface area contributed by atoms with E-state index in [1.54, 1.807) is 12.1 Å². The molecule has 0 radical (unpaired) electrons. The van der Waals surface area contributed by atoms with Crippen LogP contribution in [0.2, 0.25) is 0 Å². The minimum atomic E-state index is -0.222. The molecular weight excluding hydrogens is 273 g/mol. The summed E-state index contributed by atoms with van der Waals surface area (Å²) in [7, 11) is 0. The fourth-order valence-electron chi connectivity index (χ4n) is 1.33. The predicted octanol–water partition coefficient (Wildman–Crippen LogP) is 3.10. The van der Waals surface area contributed by atoms with E-state index in [1.807, 2.05) is 6.92 Å². The summed E-state index contributed by atoms with van der Waals surface area (Å²) >= 11 is 3.17. The van der Waals surface area contributed by atoms with Gasteiger partial charge in [0.2, 0.25) is 0 Å². The van der Waals surface area contributed by atoms with Crippen molar-refractivity contribution in [2.45, 2.75) is 19.9 Å². The molecule has 0 atom stereocenters. The molecule has 1 N–H and O–H groups in total. The molecule has 0 bridgehead atoms. The molecule has 1 rings (SSSR count). The second kappa shape index (κ2) is 7.76. The molecule has 0 saturated carbocycles. The zero-order valence-electron chi connectivity index (χ0n) is 9.43. The fourth-order valence-corrected chi connectivity index (χ4v) is 1.75. The molecule has 0 spiro atoms. The van der Waals surface area contributed by atoms with Crippen LogP contribution >= 0.6 is 15.9 Å². The van der Waals surface area contributed by atoms with Crippen molar-refractivity contribution < 1.29 is 9.13 Å². The van der Waals surface area contributed by atoms with Gasteiger partial charge in [0.15, 0.2) is 0 Å². The van der Waals surface area contributed by atoms with E-state index in [2.05, 4.69) is 21.2 Å². The van der Waals surface area contributed by atoms with Crippen LogP contribution in [0.1, 0.15) is 18.9 Å². The second-order valence-electron chi connectivity index (χ2n) is 3.48. The third-order valence-corrected chi connectivity index (χ3v) is 2.77. The average molecular weight is 290 g/mol. The largest absolute Gasteiger partial charge is 0.382 e. The highest BCUT2D eigenvalue weighted by Crippen LogP contribution is 2.16. The Balaban J connectivity index is 2.19. The lowest BCUT2D eigenvalue weighted by atomic mass is 10.2. The minimum Gasteiger partial charge on any atom is -0.382 e. The summed E-state index contributed by atoms with van der Waals surface area (Å²) in [5.41, 5.74) is 1.07. The van der Waals surface area contributed by atoms with Crippen molar-refractivity contribution >= 4 is 15.9 Å². The van der Waals surface area contributed by atoms with E-state index in [0.29, 0.717) is 4.47 Å². The molecule has 0 aliphatic heterocycles. The summed E-state index contributed by atoms with van der Waals surface area (Å²) in [6.45, 7) is 5.21. The summed E-state index contributed by atoms with van der Waals surface area (Å²) < 4.78 is 18.7. The van der Waals surface area contributed by atoms with Crippen LogP contribution in [0.3, 0.4) is 0 Å².